The van der Waals surface area contributed by atoms with Crippen molar-refractivity contribution >= 4 is 29.1 Å². The number of rotatable bonds is 5. The van der Waals surface area contributed by atoms with Crippen LogP contribution in [0, 0.1) is 12.3 Å². The third-order valence-corrected chi connectivity index (χ3v) is 2.54. The van der Waals surface area contributed by atoms with Crippen molar-refractivity contribution in [3.05, 3.63) is 33.1 Å². The van der Waals surface area contributed by atoms with Gasteiger partial charge in [-0.1, -0.05) is 35.4 Å². The molecule has 0 aliphatic heterocycles. The van der Waals surface area contributed by atoms with E-state index in [1.165, 1.54) is 0 Å². The molecule has 0 aromatic heterocycles. The standard InChI is InChI=1S/C12H13IO2/c1-4-7-11(10(5-2)8-13)12(6-3)15-9-14/h1,6-9H,5H2,2-3H3/b10-8-,11-7-,12-6+. The molecule has 0 rings (SSSR count). The monoisotopic (exact) mass is 316 g/mol. The number of hydrogen-bond acceptors (Lipinski definition) is 2. The molecule has 80 valence electrons. The van der Waals surface area contributed by atoms with Gasteiger partial charge >= 0.3 is 0 Å². The summed E-state index contributed by atoms with van der Waals surface area (Å²) in [7, 11) is 0. The van der Waals surface area contributed by atoms with Gasteiger partial charge in [0.2, 0.25) is 0 Å². The second kappa shape index (κ2) is 8.30. The summed E-state index contributed by atoms with van der Waals surface area (Å²) in [6.07, 6.45) is 9.39. The number of carbonyl (C=O) groups is 1. The van der Waals surface area contributed by atoms with Crippen molar-refractivity contribution in [3.8, 4) is 12.3 Å². The molecule has 0 spiro atoms. The maximum absolute atomic E-state index is 10.3. The number of ether oxygens (including phenoxy) is 1. The molecule has 0 atom stereocenters. The normalized spacial score (nSPS) is 13.3. The Morgan fingerprint density at radius 1 is 1.60 bits per heavy atom. The number of hydrogen-bond donors (Lipinski definition) is 0. The lowest BCUT2D eigenvalue weighted by atomic mass is 10.0. The minimum absolute atomic E-state index is 0.403. The van der Waals surface area contributed by atoms with E-state index >= 15 is 0 Å². The predicted molar refractivity (Wildman–Crippen MR) is 70.2 cm³/mol. The van der Waals surface area contributed by atoms with E-state index in [1.54, 1.807) is 19.1 Å². The molecular weight excluding hydrogens is 303 g/mol. The highest BCUT2D eigenvalue weighted by Crippen LogP contribution is 2.23. The summed E-state index contributed by atoms with van der Waals surface area (Å²) in [5.41, 5.74) is 1.83. The maximum Gasteiger partial charge on any atom is 0.298 e. The van der Waals surface area contributed by atoms with E-state index < -0.39 is 0 Å². The van der Waals surface area contributed by atoms with Crippen LogP contribution in [0.4, 0.5) is 0 Å². The SMILES string of the molecule is C#C/C=C(C(=C\I)/CC)\C(=C/C)OC=O. The summed E-state index contributed by atoms with van der Waals surface area (Å²) in [6.45, 7) is 4.22. The van der Waals surface area contributed by atoms with Gasteiger partial charge in [0.15, 0.2) is 0 Å². The lowest BCUT2D eigenvalue weighted by Crippen LogP contribution is -1.97. The molecule has 0 saturated carbocycles. The molecule has 0 saturated heterocycles. The molecule has 0 amide bonds. The molecule has 0 aliphatic carbocycles. The van der Waals surface area contributed by atoms with Gasteiger partial charge in [0.05, 0.1) is 0 Å². The van der Waals surface area contributed by atoms with E-state index in [0.29, 0.717) is 12.2 Å². The zero-order valence-corrected chi connectivity index (χ0v) is 10.9. The quantitative estimate of drug-likeness (QED) is 0.256. The third kappa shape index (κ3) is 4.34. The van der Waals surface area contributed by atoms with E-state index in [0.717, 1.165) is 17.6 Å². The Labute approximate surface area is 104 Å². The molecule has 0 heterocycles. The second-order valence-corrected chi connectivity index (χ2v) is 3.20. The van der Waals surface area contributed by atoms with Crippen LogP contribution >= 0.6 is 22.6 Å². The Bertz CT molecular complexity index is 343. The van der Waals surface area contributed by atoms with Gasteiger partial charge in [-0.2, -0.15) is 0 Å². The van der Waals surface area contributed by atoms with Crippen molar-refractivity contribution in [2.24, 2.45) is 0 Å². The third-order valence-electron chi connectivity index (χ3n) is 1.79. The van der Waals surface area contributed by atoms with Crippen LogP contribution in [-0.4, -0.2) is 6.47 Å². The van der Waals surface area contributed by atoms with Gasteiger partial charge in [0.1, 0.15) is 5.76 Å². The van der Waals surface area contributed by atoms with Gasteiger partial charge in [0.25, 0.3) is 6.47 Å². The first kappa shape index (κ1) is 14.0. The van der Waals surface area contributed by atoms with Gasteiger partial charge in [-0.05, 0) is 35.2 Å². The minimum atomic E-state index is 0.403. The average Bonchev–Trinajstić information content (AvgIpc) is 2.26. The molecule has 0 aliphatic rings. The molecular formula is C12H13IO2. The van der Waals surface area contributed by atoms with Crippen LogP contribution in [-0.2, 0) is 9.53 Å². The topological polar surface area (TPSA) is 26.3 Å². The largest absolute Gasteiger partial charge is 0.428 e. The molecule has 0 radical (unpaired) electrons. The lowest BCUT2D eigenvalue weighted by Gasteiger charge is -2.10. The van der Waals surface area contributed by atoms with E-state index in [2.05, 4.69) is 28.5 Å². The maximum atomic E-state index is 10.3. The number of terminal acetylenes is 1. The van der Waals surface area contributed by atoms with Crippen LogP contribution in [0.2, 0.25) is 0 Å². The number of carbonyl (C=O) groups excluding carboxylic acids is 1. The van der Waals surface area contributed by atoms with Gasteiger partial charge < -0.3 is 4.74 Å². The summed E-state index contributed by atoms with van der Waals surface area (Å²) in [5, 5.41) is 0. The fraction of sp³-hybridized carbons (Fsp3) is 0.250. The first-order chi connectivity index (χ1) is 7.24. The first-order valence-corrected chi connectivity index (χ1v) is 5.72. The van der Waals surface area contributed by atoms with E-state index in [1.807, 2.05) is 11.0 Å². The Morgan fingerprint density at radius 3 is 2.60 bits per heavy atom. The molecule has 2 nitrogen and oxygen atoms in total. The summed E-state index contributed by atoms with van der Waals surface area (Å²) >= 11 is 2.14. The molecule has 3 heteroatoms. The van der Waals surface area contributed by atoms with Crippen LogP contribution in [0.15, 0.2) is 33.1 Å². The van der Waals surface area contributed by atoms with Crippen molar-refractivity contribution in [3.63, 3.8) is 0 Å². The Balaban J connectivity index is 5.24. The summed E-state index contributed by atoms with van der Waals surface area (Å²) in [5.74, 6) is 2.94. The van der Waals surface area contributed by atoms with E-state index in [9.17, 15) is 4.79 Å². The summed E-state index contributed by atoms with van der Waals surface area (Å²) in [4.78, 5) is 10.3. The van der Waals surface area contributed by atoms with Gasteiger partial charge in [-0.15, -0.1) is 6.42 Å². The fourth-order valence-electron chi connectivity index (χ4n) is 1.07. The van der Waals surface area contributed by atoms with Crippen LogP contribution in [0.5, 0.6) is 0 Å². The van der Waals surface area contributed by atoms with E-state index in [-0.39, 0.29) is 0 Å². The van der Waals surface area contributed by atoms with Crippen molar-refractivity contribution < 1.29 is 9.53 Å². The fourth-order valence-corrected chi connectivity index (χ4v) is 1.85. The first-order valence-electron chi connectivity index (χ1n) is 4.48. The lowest BCUT2D eigenvalue weighted by molar-refractivity contribution is -0.124. The zero-order chi connectivity index (χ0) is 11.7. The Kier molecular flexibility index (Phi) is 7.74. The highest BCUT2D eigenvalue weighted by Gasteiger charge is 2.09. The van der Waals surface area contributed by atoms with Crippen molar-refractivity contribution in [1.82, 2.24) is 0 Å². The van der Waals surface area contributed by atoms with Crippen LogP contribution in [0.3, 0.4) is 0 Å². The summed E-state index contributed by atoms with van der Waals surface area (Å²) in [6, 6.07) is 0. The molecule has 0 aromatic carbocycles. The highest BCUT2D eigenvalue weighted by atomic mass is 127. The van der Waals surface area contributed by atoms with Gasteiger partial charge in [0, 0.05) is 5.57 Å². The molecule has 0 bridgehead atoms. The van der Waals surface area contributed by atoms with Crippen molar-refractivity contribution in [2.75, 3.05) is 0 Å². The predicted octanol–water partition coefficient (Wildman–Crippen LogP) is 3.35. The summed E-state index contributed by atoms with van der Waals surface area (Å²) < 4.78 is 6.79. The van der Waals surface area contributed by atoms with E-state index in [4.69, 9.17) is 11.2 Å². The van der Waals surface area contributed by atoms with Gasteiger partial charge in [-0.25, -0.2) is 0 Å². The minimum Gasteiger partial charge on any atom is -0.428 e. The zero-order valence-electron chi connectivity index (χ0n) is 8.79. The molecule has 0 aromatic rings. The van der Waals surface area contributed by atoms with Gasteiger partial charge in [-0.3, -0.25) is 4.79 Å². The average molecular weight is 316 g/mol. The van der Waals surface area contributed by atoms with Crippen molar-refractivity contribution in [2.45, 2.75) is 20.3 Å². The van der Waals surface area contributed by atoms with Crippen LogP contribution in [0.25, 0.3) is 0 Å². The number of halogens is 1. The highest BCUT2D eigenvalue weighted by molar-refractivity contribution is 14.1. The Hall–Kier alpha value is -1.02. The smallest absolute Gasteiger partial charge is 0.298 e. The molecule has 15 heavy (non-hydrogen) atoms. The molecule has 0 unspecified atom stereocenters. The second-order valence-electron chi connectivity index (χ2n) is 2.58. The Morgan fingerprint density at radius 2 is 2.27 bits per heavy atom. The number of allylic oxidation sites excluding steroid dienone is 3. The van der Waals surface area contributed by atoms with Crippen molar-refractivity contribution in [1.29, 1.82) is 0 Å². The molecule has 0 N–H and O–H groups in total. The van der Waals surface area contributed by atoms with Crippen LogP contribution in [0.1, 0.15) is 20.3 Å². The van der Waals surface area contributed by atoms with Crippen LogP contribution < -0.4 is 0 Å². The molecule has 0 fully saturated rings.